The van der Waals surface area contributed by atoms with Gasteiger partial charge in [0.2, 0.25) is 0 Å². The van der Waals surface area contributed by atoms with E-state index in [1.807, 2.05) is 19.2 Å². The molecule has 1 saturated heterocycles. The van der Waals surface area contributed by atoms with E-state index in [1.54, 1.807) is 24.5 Å². The van der Waals surface area contributed by atoms with E-state index in [2.05, 4.69) is 25.2 Å². The van der Waals surface area contributed by atoms with Crippen molar-refractivity contribution in [1.82, 2.24) is 19.9 Å². The quantitative estimate of drug-likeness (QED) is 0.696. The molecule has 1 aliphatic heterocycles. The molecule has 0 spiro atoms. The van der Waals surface area contributed by atoms with E-state index in [9.17, 15) is 13.2 Å². The Labute approximate surface area is 167 Å². The van der Waals surface area contributed by atoms with Gasteiger partial charge in [-0.15, -0.1) is 0 Å². The smallest absolute Gasteiger partial charge is 0.370 e. The zero-order chi connectivity index (χ0) is 20.4. The highest BCUT2D eigenvalue weighted by Gasteiger charge is 2.33. The van der Waals surface area contributed by atoms with Gasteiger partial charge in [-0.25, -0.2) is 9.97 Å². The fourth-order valence-corrected chi connectivity index (χ4v) is 4.06. The molecule has 0 bridgehead atoms. The van der Waals surface area contributed by atoms with E-state index in [0.29, 0.717) is 12.2 Å². The summed E-state index contributed by atoms with van der Waals surface area (Å²) in [5, 5.41) is 3.38. The van der Waals surface area contributed by atoms with Crippen LogP contribution < -0.4 is 5.32 Å². The molecular weight excluding hydrogens is 379 g/mol. The number of aromatic nitrogens is 3. The average molecular weight is 401 g/mol. The second-order valence-corrected chi connectivity index (χ2v) is 7.42. The highest BCUT2D eigenvalue weighted by Crippen LogP contribution is 2.37. The summed E-state index contributed by atoms with van der Waals surface area (Å²) in [6, 6.07) is 9.35. The number of alkyl halides is 3. The van der Waals surface area contributed by atoms with Gasteiger partial charge in [0, 0.05) is 25.0 Å². The van der Waals surface area contributed by atoms with Crippen molar-refractivity contribution >= 4 is 17.0 Å². The molecule has 2 aromatic heterocycles. The zero-order valence-corrected chi connectivity index (χ0v) is 16.0. The van der Waals surface area contributed by atoms with Crippen molar-refractivity contribution in [3.63, 3.8) is 0 Å². The van der Waals surface area contributed by atoms with Crippen molar-refractivity contribution in [2.24, 2.45) is 5.92 Å². The molecule has 2 unspecified atom stereocenters. The van der Waals surface area contributed by atoms with Crippen molar-refractivity contribution in [2.45, 2.75) is 25.1 Å². The van der Waals surface area contributed by atoms with Crippen LogP contribution in [0.25, 0.3) is 11.2 Å². The minimum atomic E-state index is -4.32. The molecule has 0 amide bonds. The normalized spacial score (nSPS) is 20.7. The van der Waals surface area contributed by atoms with Gasteiger partial charge in [0.25, 0.3) is 0 Å². The summed E-state index contributed by atoms with van der Waals surface area (Å²) in [5.41, 5.74) is 1.61. The van der Waals surface area contributed by atoms with Crippen molar-refractivity contribution < 1.29 is 13.2 Å². The third-order valence-corrected chi connectivity index (χ3v) is 5.46. The molecule has 152 valence electrons. The average Bonchev–Trinajstić information content (AvgIpc) is 2.71. The molecule has 29 heavy (non-hydrogen) atoms. The lowest BCUT2D eigenvalue weighted by Crippen LogP contribution is -2.39. The van der Waals surface area contributed by atoms with Crippen molar-refractivity contribution in [3.8, 4) is 0 Å². The third-order valence-electron chi connectivity index (χ3n) is 5.46. The number of nitrogens with one attached hydrogen (secondary N) is 1. The van der Waals surface area contributed by atoms with Crippen LogP contribution in [-0.2, 0) is 6.18 Å². The van der Waals surface area contributed by atoms with E-state index in [0.717, 1.165) is 36.3 Å². The van der Waals surface area contributed by atoms with Crippen LogP contribution >= 0.6 is 0 Å². The summed E-state index contributed by atoms with van der Waals surface area (Å²) in [4.78, 5) is 15.2. The van der Waals surface area contributed by atoms with Crippen LogP contribution in [0, 0.1) is 5.92 Å². The largest absolute Gasteiger partial charge is 0.416 e. The zero-order valence-electron chi connectivity index (χ0n) is 16.0. The van der Waals surface area contributed by atoms with E-state index in [1.165, 1.54) is 12.1 Å². The van der Waals surface area contributed by atoms with Gasteiger partial charge in [-0.3, -0.25) is 9.88 Å². The second-order valence-electron chi connectivity index (χ2n) is 7.42. The highest BCUT2D eigenvalue weighted by molar-refractivity contribution is 5.71. The first kappa shape index (κ1) is 19.6. The van der Waals surface area contributed by atoms with Gasteiger partial charge in [0.1, 0.15) is 11.3 Å². The molecular formula is C21H22F3N5. The molecule has 4 rings (SSSR count). The Bertz CT molecular complexity index is 974. The molecule has 2 atom stereocenters. The van der Waals surface area contributed by atoms with E-state index < -0.39 is 11.7 Å². The van der Waals surface area contributed by atoms with Gasteiger partial charge < -0.3 is 5.32 Å². The van der Waals surface area contributed by atoms with E-state index in [-0.39, 0.29) is 12.0 Å². The van der Waals surface area contributed by atoms with Gasteiger partial charge in [0.15, 0.2) is 5.65 Å². The Morgan fingerprint density at radius 3 is 2.59 bits per heavy atom. The summed E-state index contributed by atoms with van der Waals surface area (Å²) < 4.78 is 38.7. The summed E-state index contributed by atoms with van der Waals surface area (Å²) in [6.45, 7) is 1.60. The highest BCUT2D eigenvalue weighted by atomic mass is 19.4. The molecule has 3 heterocycles. The molecule has 1 aromatic carbocycles. The van der Waals surface area contributed by atoms with Gasteiger partial charge >= 0.3 is 6.18 Å². The standard InChI is InChI=1S/C21H22F3N5/c1-29-12-2-3-15(19(29)14-4-6-16(7-5-14)21(22,23)24)13-27-18-9-8-17-20(28-18)26-11-10-25-17/h4-11,15,19H,2-3,12-13H2,1H3,(H,26,27,28). The molecule has 0 radical (unpaired) electrons. The number of hydrogen-bond acceptors (Lipinski definition) is 5. The van der Waals surface area contributed by atoms with E-state index in [4.69, 9.17) is 0 Å². The Morgan fingerprint density at radius 1 is 1.07 bits per heavy atom. The number of benzene rings is 1. The number of nitrogens with zero attached hydrogens (tertiary/aromatic N) is 4. The van der Waals surface area contributed by atoms with Crippen LogP contribution in [0.1, 0.15) is 30.0 Å². The molecule has 0 saturated carbocycles. The molecule has 8 heteroatoms. The van der Waals surface area contributed by atoms with Gasteiger partial charge in [0.05, 0.1) is 5.56 Å². The number of hydrogen-bond donors (Lipinski definition) is 1. The summed E-state index contributed by atoms with van der Waals surface area (Å²) >= 11 is 0. The molecule has 0 aliphatic carbocycles. The number of likely N-dealkylation sites (tertiary alicyclic amines) is 1. The maximum Gasteiger partial charge on any atom is 0.416 e. The number of halogens is 3. The lowest BCUT2D eigenvalue weighted by Gasteiger charge is -2.40. The van der Waals surface area contributed by atoms with E-state index >= 15 is 0 Å². The Kier molecular flexibility index (Phi) is 5.36. The number of rotatable bonds is 4. The van der Waals surface area contributed by atoms with Gasteiger partial charge in [-0.1, -0.05) is 12.1 Å². The first-order valence-corrected chi connectivity index (χ1v) is 9.61. The number of anilines is 1. The lowest BCUT2D eigenvalue weighted by molar-refractivity contribution is -0.137. The van der Waals surface area contributed by atoms with Crippen LogP contribution in [0.5, 0.6) is 0 Å². The fraction of sp³-hybridized carbons (Fsp3) is 0.381. The van der Waals surface area contributed by atoms with Gasteiger partial charge in [-0.05, 0) is 62.2 Å². The molecule has 5 nitrogen and oxygen atoms in total. The Balaban J connectivity index is 1.51. The number of piperidine rings is 1. The van der Waals surface area contributed by atoms with Crippen LogP contribution in [0.15, 0.2) is 48.8 Å². The Hall–Kier alpha value is -2.74. The SMILES string of the molecule is CN1CCCC(CNc2ccc3nccnc3n2)C1c1ccc(C(F)(F)F)cc1. The first-order valence-electron chi connectivity index (χ1n) is 9.61. The monoisotopic (exact) mass is 401 g/mol. The maximum absolute atomic E-state index is 12.9. The summed E-state index contributed by atoms with van der Waals surface area (Å²) in [6.07, 6.45) is 0.967. The fourth-order valence-electron chi connectivity index (χ4n) is 4.06. The van der Waals surface area contributed by atoms with Crippen molar-refractivity contribution in [3.05, 3.63) is 59.9 Å². The summed E-state index contributed by atoms with van der Waals surface area (Å²) in [7, 11) is 2.03. The minimum Gasteiger partial charge on any atom is -0.370 e. The Morgan fingerprint density at radius 2 is 1.83 bits per heavy atom. The molecule has 1 N–H and O–H groups in total. The summed E-state index contributed by atoms with van der Waals surface area (Å²) in [5.74, 6) is 0.974. The maximum atomic E-state index is 12.9. The topological polar surface area (TPSA) is 53.9 Å². The predicted octanol–water partition coefficient (Wildman–Crippen LogP) is 4.54. The first-order chi connectivity index (χ1) is 13.9. The van der Waals surface area contributed by atoms with Crippen LogP contribution in [0.3, 0.4) is 0 Å². The minimum absolute atomic E-state index is 0.0544. The van der Waals surface area contributed by atoms with Crippen LogP contribution in [-0.4, -0.2) is 40.0 Å². The second kappa shape index (κ2) is 7.94. The number of fused-ring (bicyclic) bond motifs is 1. The predicted molar refractivity (Wildman–Crippen MR) is 105 cm³/mol. The van der Waals surface area contributed by atoms with Crippen molar-refractivity contribution in [2.75, 3.05) is 25.5 Å². The van der Waals surface area contributed by atoms with Crippen LogP contribution in [0.4, 0.5) is 19.0 Å². The number of pyridine rings is 1. The van der Waals surface area contributed by atoms with Crippen LogP contribution in [0.2, 0.25) is 0 Å². The molecule has 1 aliphatic rings. The van der Waals surface area contributed by atoms with Crippen molar-refractivity contribution in [1.29, 1.82) is 0 Å². The third kappa shape index (κ3) is 4.32. The molecule has 1 fully saturated rings. The van der Waals surface area contributed by atoms with Gasteiger partial charge in [-0.2, -0.15) is 13.2 Å². The lowest BCUT2D eigenvalue weighted by atomic mass is 9.84. The molecule has 3 aromatic rings.